The summed E-state index contributed by atoms with van der Waals surface area (Å²) in [6.07, 6.45) is 3.08. The minimum Gasteiger partial charge on any atom is -0.394 e. The van der Waals surface area contributed by atoms with Gasteiger partial charge in [-0.15, -0.1) is 11.8 Å². The van der Waals surface area contributed by atoms with Crippen LogP contribution in [0, 0.1) is 0 Å². The van der Waals surface area contributed by atoms with E-state index in [1.807, 2.05) is 11.8 Å². The fourth-order valence-corrected chi connectivity index (χ4v) is 3.45. The number of hydrogen-bond donors (Lipinski definition) is 2. The quantitative estimate of drug-likeness (QED) is 0.504. The minimum atomic E-state index is -0.117. The number of nitrogens with one attached hydrogen (secondary N) is 1. The summed E-state index contributed by atoms with van der Waals surface area (Å²) in [5.74, 6) is 1.09. The molecule has 0 aromatic heterocycles. The van der Waals surface area contributed by atoms with Crippen molar-refractivity contribution in [3.05, 3.63) is 28.7 Å². The van der Waals surface area contributed by atoms with Crippen molar-refractivity contribution in [1.29, 1.82) is 0 Å². The monoisotopic (exact) mass is 359 g/mol. The van der Waals surface area contributed by atoms with Crippen LogP contribution in [0.1, 0.15) is 40.0 Å². The van der Waals surface area contributed by atoms with Crippen molar-refractivity contribution in [3.63, 3.8) is 0 Å². The van der Waals surface area contributed by atoms with Crippen LogP contribution >= 0.6 is 27.7 Å². The Morgan fingerprint density at radius 2 is 1.95 bits per heavy atom. The van der Waals surface area contributed by atoms with Gasteiger partial charge >= 0.3 is 0 Å². The molecule has 0 saturated carbocycles. The fourth-order valence-electron chi connectivity index (χ4n) is 2.33. The number of halogens is 1. The van der Waals surface area contributed by atoms with Crippen LogP contribution in [-0.2, 0) is 0 Å². The summed E-state index contributed by atoms with van der Waals surface area (Å²) in [7, 11) is 0. The van der Waals surface area contributed by atoms with E-state index in [1.54, 1.807) is 0 Å². The van der Waals surface area contributed by atoms with Crippen LogP contribution in [0.4, 0.5) is 0 Å². The zero-order chi connectivity index (χ0) is 15.0. The van der Waals surface area contributed by atoms with Crippen LogP contribution in [0.15, 0.2) is 33.6 Å². The summed E-state index contributed by atoms with van der Waals surface area (Å²) in [6, 6.07) is 8.83. The van der Waals surface area contributed by atoms with Gasteiger partial charge in [-0.3, -0.25) is 0 Å². The molecule has 1 aromatic rings. The first-order chi connectivity index (χ1) is 9.51. The molecule has 0 fully saturated rings. The fraction of sp³-hybridized carbons (Fsp3) is 0.625. The standard InChI is InChI=1S/C16H26BrNOS/c1-4-16(12-19,18-13(2)3)10-5-11-20-15-8-6-14(17)7-9-15/h6-9,13,18-19H,4-5,10-12H2,1-3H3. The van der Waals surface area contributed by atoms with Crippen molar-refractivity contribution in [2.75, 3.05) is 12.4 Å². The van der Waals surface area contributed by atoms with Crippen molar-refractivity contribution < 1.29 is 5.11 Å². The normalized spacial score (nSPS) is 14.5. The molecule has 2 N–H and O–H groups in total. The molecule has 0 amide bonds. The summed E-state index contributed by atoms with van der Waals surface area (Å²) in [4.78, 5) is 1.30. The second-order valence-electron chi connectivity index (χ2n) is 5.50. The maximum atomic E-state index is 9.70. The molecule has 2 nitrogen and oxygen atoms in total. The van der Waals surface area contributed by atoms with E-state index < -0.39 is 0 Å². The SMILES string of the molecule is CCC(CO)(CCCSc1ccc(Br)cc1)NC(C)C. The third kappa shape index (κ3) is 6.17. The van der Waals surface area contributed by atoms with Crippen molar-refractivity contribution >= 4 is 27.7 Å². The zero-order valence-corrected chi connectivity index (χ0v) is 15.1. The Kier molecular flexibility index (Phi) is 8.18. The van der Waals surface area contributed by atoms with E-state index in [4.69, 9.17) is 0 Å². The lowest BCUT2D eigenvalue weighted by molar-refractivity contribution is 0.137. The van der Waals surface area contributed by atoms with E-state index in [0.29, 0.717) is 6.04 Å². The third-order valence-corrected chi connectivity index (χ3v) is 5.08. The van der Waals surface area contributed by atoms with Crippen LogP contribution in [0.2, 0.25) is 0 Å². The summed E-state index contributed by atoms with van der Waals surface area (Å²) in [5, 5.41) is 13.2. The first-order valence-electron chi connectivity index (χ1n) is 7.28. The van der Waals surface area contributed by atoms with Gasteiger partial charge in [0.25, 0.3) is 0 Å². The molecule has 1 atom stereocenters. The van der Waals surface area contributed by atoms with Crippen LogP contribution in [0.25, 0.3) is 0 Å². The van der Waals surface area contributed by atoms with Gasteiger partial charge in [0, 0.05) is 20.9 Å². The van der Waals surface area contributed by atoms with Crippen molar-refractivity contribution in [1.82, 2.24) is 5.32 Å². The van der Waals surface area contributed by atoms with E-state index >= 15 is 0 Å². The topological polar surface area (TPSA) is 32.3 Å². The van der Waals surface area contributed by atoms with Crippen LogP contribution in [0.5, 0.6) is 0 Å². The zero-order valence-electron chi connectivity index (χ0n) is 12.7. The van der Waals surface area contributed by atoms with Gasteiger partial charge in [-0.05, 0) is 49.3 Å². The highest BCUT2D eigenvalue weighted by Gasteiger charge is 2.26. The highest BCUT2D eigenvalue weighted by Crippen LogP contribution is 2.24. The van der Waals surface area contributed by atoms with E-state index in [-0.39, 0.29) is 12.1 Å². The number of hydrogen-bond acceptors (Lipinski definition) is 3. The molecule has 0 bridgehead atoms. The van der Waals surface area contributed by atoms with Crippen LogP contribution in [0.3, 0.4) is 0 Å². The van der Waals surface area contributed by atoms with Gasteiger partial charge in [-0.1, -0.05) is 36.7 Å². The minimum absolute atomic E-state index is 0.117. The van der Waals surface area contributed by atoms with E-state index in [9.17, 15) is 5.11 Å². The molecule has 1 rings (SSSR count). The summed E-state index contributed by atoms with van der Waals surface area (Å²) in [6.45, 7) is 6.63. The summed E-state index contributed by atoms with van der Waals surface area (Å²) < 4.78 is 1.12. The molecule has 0 radical (unpaired) electrons. The summed E-state index contributed by atoms with van der Waals surface area (Å²) >= 11 is 5.33. The third-order valence-electron chi connectivity index (χ3n) is 3.46. The average Bonchev–Trinajstić information content (AvgIpc) is 2.44. The first-order valence-corrected chi connectivity index (χ1v) is 9.06. The smallest absolute Gasteiger partial charge is 0.0613 e. The molecule has 0 aliphatic heterocycles. The van der Waals surface area contributed by atoms with Gasteiger partial charge in [0.1, 0.15) is 0 Å². The number of aliphatic hydroxyl groups is 1. The molecule has 114 valence electrons. The Morgan fingerprint density at radius 1 is 1.30 bits per heavy atom. The molecule has 0 saturated heterocycles. The second kappa shape index (κ2) is 9.08. The van der Waals surface area contributed by atoms with E-state index in [0.717, 1.165) is 29.5 Å². The second-order valence-corrected chi connectivity index (χ2v) is 7.58. The molecule has 0 heterocycles. The van der Waals surface area contributed by atoms with Crippen molar-refractivity contribution in [2.45, 2.75) is 56.5 Å². The molecule has 4 heteroatoms. The Hall–Kier alpha value is -0.0300. The molecule has 20 heavy (non-hydrogen) atoms. The predicted octanol–water partition coefficient (Wildman–Crippen LogP) is 4.46. The maximum absolute atomic E-state index is 9.70. The molecule has 0 spiro atoms. The maximum Gasteiger partial charge on any atom is 0.0613 e. The summed E-state index contributed by atoms with van der Waals surface area (Å²) in [5.41, 5.74) is -0.117. The predicted molar refractivity (Wildman–Crippen MR) is 92.5 cm³/mol. The van der Waals surface area contributed by atoms with E-state index in [2.05, 4.69) is 66.3 Å². The van der Waals surface area contributed by atoms with Gasteiger partial charge in [0.05, 0.1) is 6.61 Å². The Bertz CT molecular complexity index is 377. The van der Waals surface area contributed by atoms with Gasteiger partial charge < -0.3 is 10.4 Å². The van der Waals surface area contributed by atoms with Crippen LogP contribution in [-0.4, -0.2) is 29.0 Å². The Labute approximate surface area is 135 Å². The number of aliphatic hydroxyl groups excluding tert-OH is 1. The van der Waals surface area contributed by atoms with Gasteiger partial charge in [0.2, 0.25) is 0 Å². The van der Waals surface area contributed by atoms with E-state index in [1.165, 1.54) is 4.90 Å². The molecule has 0 aliphatic rings. The highest BCUT2D eigenvalue weighted by molar-refractivity contribution is 9.10. The van der Waals surface area contributed by atoms with Crippen molar-refractivity contribution in [2.24, 2.45) is 0 Å². The lowest BCUT2D eigenvalue weighted by atomic mass is 9.91. The molecular weight excluding hydrogens is 334 g/mol. The largest absolute Gasteiger partial charge is 0.394 e. The lowest BCUT2D eigenvalue weighted by Crippen LogP contribution is -2.51. The van der Waals surface area contributed by atoms with Gasteiger partial charge in [0.15, 0.2) is 0 Å². The first kappa shape index (κ1) is 18.0. The molecular formula is C16H26BrNOS. The molecule has 1 aromatic carbocycles. The molecule has 0 aliphatic carbocycles. The van der Waals surface area contributed by atoms with Gasteiger partial charge in [-0.2, -0.15) is 0 Å². The van der Waals surface area contributed by atoms with Gasteiger partial charge in [-0.25, -0.2) is 0 Å². The lowest BCUT2D eigenvalue weighted by Gasteiger charge is -2.34. The number of rotatable bonds is 9. The van der Waals surface area contributed by atoms with Crippen LogP contribution < -0.4 is 5.32 Å². The Balaban J connectivity index is 2.38. The van der Waals surface area contributed by atoms with Crippen molar-refractivity contribution in [3.8, 4) is 0 Å². The Morgan fingerprint density at radius 3 is 2.45 bits per heavy atom. The highest BCUT2D eigenvalue weighted by atomic mass is 79.9. The average molecular weight is 360 g/mol. The number of benzene rings is 1. The number of thioether (sulfide) groups is 1. The molecule has 1 unspecified atom stereocenters.